The van der Waals surface area contributed by atoms with Gasteiger partial charge in [-0.3, -0.25) is 0 Å². The second-order valence-corrected chi connectivity index (χ2v) is 18.0. The molecule has 0 amide bonds. The highest BCUT2D eigenvalue weighted by molar-refractivity contribution is 4.99. The zero-order valence-electron chi connectivity index (χ0n) is 28.9. The third-order valence-corrected chi connectivity index (χ3v) is 13.9. The Morgan fingerprint density at radius 2 is 0.850 bits per heavy atom. The molecule has 0 heterocycles. The van der Waals surface area contributed by atoms with Gasteiger partial charge in [0.25, 0.3) is 0 Å². The summed E-state index contributed by atoms with van der Waals surface area (Å²) < 4.78 is 0. The molecule has 2 atom stereocenters. The number of rotatable bonds is 5. The SMILES string of the molecule is CC(C)C1CC(C2CCC2)C1.CC(C)C1CC2(CCC2)C1.CC(C)C1CC2CCCC(C2)C1.CC(C)C1CCC1. The molecule has 0 heteroatoms. The first kappa shape index (κ1) is 32.9. The van der Waals surface area contributed by atoms with Crippen LogP contribution in [0.1, 0.15) is 177 Å². The van der Waals surface area contributed by atoms with E-state index in [-0.39, 0.29) is 0 Å². The summed E-state index contributed by atoms with van der Waals surface area (Å²) in [7, 11) is 0. The van der Waals surface area contributed by atoms with Crippen molar-refractivity contribution in [1.29, 1.82) is 0 Å². The maximum absolute atomic E-state index is 2.41. The monoisotopic (exact) mass is 555 g/mol. The number of hydrogen-bond donors (Lipinski definition) is 0. The quantitative estimate of drug-likeness (QED) is 0.317. The Hall–Kier alpha value is 0. The van der Waals surface area contributed by atoms with Gasteiger partial charge < -0.3 is 0 Å². The second kappa shape index (κ2) is 15.1. The Kier molecular flexibility index (Phi) is 12.4. The minimum Gasteiger partial charge on any atom is -0.0625 e. The van der Waals surface area contributed by atoms with E-state index in [9.17, 15) is 0 Å². The van der Waals surface area contributed by atoms with Crippen molar-refractivity contribution < 1.29 is 0 Å². The van der Waals surface area contributed by atoms with Crippen molar-refractivity contribution in [1.82, 2.24) is 0 Å². The van der Waals surface area contributed by atoms with Gasteiger partial charge in [0.1, 0.15) is 0 Å². The van der Waals surface area contributed by atoms with Gasteiger partial charge >= 0.3 is 0 Å². The molecule has 2 unspecified atom stereocenters. The van der Waals surface area contributed by atoms with Crippen molar-refractivity contribution in [3.63, 3.8) is 0 Å². The van der Waals surface area contributed by atoms with E-state index in [0.29, 0.717) is 0 Å². The van der Waals surface area contributed by atoms with E-state index in [2.05, 4.69) is 55.4 Å². The highest BCUT2D eigenvalue weighted by Crippen LogP contribution is 2.60. The van der Waals surface area contributed by atoms with Gasteiger partial charge in [0.2, 0.25) is 0 Å². The van der Waals surface area contributed by atoms with E-state index >= 15 is 0 Å². The molecule has 2 bridgehead atoms. The Morgan fingerprint density at radius 3 is 1.18 bits per heavy atom. The first-order chi connectivity index (χ1) is 19.0. The van der Waals surface area contributed by atoms with Gasteiger partial charge in [-0.25, -0.2) is 0 Å². The van der Waals surface area contributed by atoms with E-state index in [1.54, 1.807) is 83.5 Å². The molecule has 0 N–H and O–H groups in total. The molecule has 7 rings (SSSR count). The Balaban J connectivity index is 0.000000125. The first-order valence-electron chi connectivity index (χ1n) is 19.0. The number of hydrogen-bond acceptors (Lipinski definition) is 0. The van der Waals surface area contributed by atoms with Crippen LogP contribution >= 0.6 is 0 Å². The highest BCUT2D eigenvalue weighted by Gasteiger charge is 2.48. The molecule has 0 aliphatic heterocycles. The van der Waals surface area contributed by atoms with Crippen molar-refractivity contribution in [2.24, 2.45) is 76.4 Å². The normalized spacial score (nSPS) is 34.6. The third-order valence-electron chi connectivity index (χ3n) is 13.9. The Labute approximate surface area is 253 Å². The third kappa shape index (κ3) is 9.01. The summed E-state index contributed by atoms with van der Waals surface area (Å²) in [6.07, 6.45) is 29.2. The molecule has 0 aromatic heterocycles. The maximum atomic E-state index is 2.41. The van der Waals surface area contributed by atoms with Crippen LogP contribution in [0.4, 0.5) is 0 Å². The fraction of sp³-hybridized carbons (Fsp3) is 1.00. The Morgan fingerprint density at radius 1 is 0.400 bits per heavy atom. The lowest BCUT2D eigenvalue weighted by Gasteiger charge is -2.55. The smallest absolute Gasteiger partial charge is 0.0292 e. The molecule has 0 saturated heterocycles. The van der Waals surface area contributed by atoms with Crippen molar-refractivity contribution >= 4 is 0 Å². The summed E-state index contributed by atoms with van der Waals surface area (Å²) in [4.78, 5) is 0. The van der Waals surface area contributed by atoms with Gasteiger partial charge in [-0.15, -0.1) is 0 Å². The van der Waals surface area contributed by atoms with Crippen LogP contribution in [-0.4, -0.2) is 0 Å². The zero-order chi connectivity index (χ0) is 28.9. The first-order valence-corrected chi connectivity index (χ1v) is 19.0. The molecule has 0 aromatic rings. The zero-order valence-corrected chi connectivity index (χ0v) is 28.9. The summed E-state index contributed by atoms with van der Waals surface area (Å²) in [5.74, 6) is 12.6. The van der Waals surface area contributed by atoms with E-state index < -0.39 is 0 Å². The molecular formula is C40H74. The van der Waals surface area contributed by atoms with Gasteiger partial charge in [-0.2, -0.15) is 0 Å². The summed E-state index contributed by atoms with van der Waals surface area (Å²) in [5.41, 5.74) is 0.898. The molecule has 7 aliphatic rings. The standard InChI is InChI=1S/C12H22.C11H20.C10H18.C7H14/c1-9(2)12-7-10-4-3-5-11(6-10)8-12;1-8(2)10-6-11(7-10)9-4-3-5-9;1-8(2)9-6-10(7-9)4-3-5-10;1-6(2)7-4-3-5-7/h9-12H,3-8H2,1-2H3;8-11H,3-7H2,1-2H3;8-9H,3-7H2,1-2H3;6-7H,3-5H2,1-2H3. The number of fused-ring (bicyclic) bond motifs is 2. The molecule has 1 spiro atoms. The van der Waals surface area contributed by atoms with Crippen LogP contribution in [-0.2, 0) is 0 Å². The van der Waals surface area contributed by atoms with Crippen LogP contribution in [0.5, 0.6) is 0 Å². The predicted molar refractivity (Wildman–Crippen MR) is 177 cm³/mol. The molecule has 234 valence electrons. The summed E-state index contributed by atoms with van der Waals surface area (Å²) in [6, 6.07) is 0. The summed E-state index contributed by atoms with van der Waals surface area (Å²) in [6.45, 7) is 19.0. The van der Waals surface area contributed by atoms with Gasteiger partial charge in [0.15, 0.2) is 0 Å². The lowest BCUT2D eigenvalue weighted by atomic mass is 9.50. The van der Waals surface area contributed by atoms with Crippen molar-refractivity contribution in [2.45, 2.75) is 177 Å². The lowest BCUT2D eigenvalue weighted by Crippen LogP contribution is -2.44. The maximum Gasteiger partial charge on any atom is -0.0292 e. The van der Waals surface area contributed by atoms with E-state index in [0.717, 1.165) is 76.4 Å². The van der Waals surface area contributed by atoms with Crippen LogP contribution in [0.25, 0.3) is 0 Å². The minimum atomic E-state index is 0.898. The molecule has 7 saturated carbocycles. The van der Waals surface area contributed by atoms with Crippen LogP contribution in [0.15, 0.2) is 0 Å². The fourth-order valence-electron chi connectivity index (χ4n) is 9.59. The molecule has 7 fully saturated rings. The summed E-state index contributed by atoms with van der Waals surface area (Å²) in [5, 5.41) is 0. The molecular weight excluding hydrogens is 480 g/mol. The van der Waals surface area contributed by atoms with Crippen molar-refractivity contribution in [3.8, 4) is 0 Å². The highest BCUT2D eigenvalue weighted by atomic mass is 14.5. The molecule has 0 radical (unpaired) electrons. The van der Waals surface area contributed by atoms with Crippen molar-refractivity contribution in [3.05, 3.63) is 0 Å². The van der Waals surface area contributed by atoms with Gasteiger partial charge in [0.05, 0.1) is 0 Å². The molecule has 0 nitrogen and oxygen atoms in total. The lowest BCUT2D eigenvalue weighted by molar-refractivity contribution is -0.0435. The van der Waals surface area contributed by atoms with Gasteiger partial charge in [-0.05, 0) is 134 Å². The van der Waals surface area contributed by atoms with E-state index in [1.807, 2.05) is 0 Å². The Bertz CT molecular complexity index is 676. The van der Waals surface area contributed by atoms with Crippen LogP contribution in [0, 0.1) is 76.4 Å². The van der Waals surface area contributed by atoms with Gasteiger partial charge in [-0.1, -0.05) is 120 Å². The topological polar surface area (TPSA) is 0 Å². The summed E-state index contributed by atoms with van der Waals surface area (Å²) >= 11 is 0. The molecule has 7 aliphatic carbocycles. The minimum absolute atomic E-state index is 0.898. The molecule has 0 aromatic carbocycles. The molecule has 40 heavy (non-hydrogen) atoms. The van der Waals surface area contributed by atoms with Crippen LogP contribution < -0.4 is 0 Å². The van der Waals surface area contributed by atoms with E-state index in [1.165, 1.54) is 38.5 Å². The van der Waals surface area contributed by atoms with Crippen LogP contribution in [0.2, 0.25) is 0 Å². The predicted octanol–water partition coefficient (Wildman–Crippen LogP) is 13.0. The average molecular weight is 555 g/mol. The van der Waals surface area contributed by atoms with E-state index in [4.69, 9.17) is 0 Å². The fourth-order valence-corrected chi connectivity index (χ4v) is 9.59. The van der Waals surface area contributed by atoms with Crippen molar-refractivity contribution in [2.75, 3.05) is 0 Å². The largest absolute Gasteiger partial charge is 0.0625 e. The van der Waals surface area contributed by atoms with Gasteiger partial charge in [0, 0.05) is 0 Å². The second-order valence-electron chi connectivity index (χ2n) is 18.0. The average Bonchev–Trinajstić information content (AvgIpc) is 2.71. The van der Waals surface area contributed by atoms with Crippen LogP contribution in [0.3, 0.4) is 0 Å².